The molecule has 4 rings (SSSR count). The number of hydrogen-bond donors (Lipinski definition) is 1. The molecule has 2 aromatic rings. The number of hydrogen-bond acceptors (Lipinski definition) is 6. The molecule has 1 aromatic carbocycles. The summed E-state index contributed by atoms with van der Waals surface area (Å²) >= 11 is 0. The zero-order chi connectivity index (χ0) is 28.2. The Morgan fingerprint density at radius 1 is 1.00 bits per heavy atom. The van der Waals surface area contributed by atoms with Crippen LogP contribution in [0.25, 0.3) is 0 Å². The van der Waals surface area contributed by atoms with Crippen LogP contribution in [0, 0.1) is 11.3 Å². The predicted octanol–water partition coefficient (Wildman–Crippen LogP) is 5.08. The molecule has 1 amide bonds. The number of piperazine rings is 1. The van der Waals surface area contributed by atoms with Gasteiger partial charge in [-0.2, -0.15) is 31.6 Å². The van der Waals surface area contributed by atoms with Crippen molar-refractivity contribution in [3.05, 3.63) is 53.3 Å². The average molecular weight is 556 g/mol. The van der Waals surface area contributed by atoms with Crippen molar-refractivity contribution in [1.82, 2.24) is 9.88 Å². The molecule has 0 atom stereocenters. The van der Waals surface area contributed by atoms with Gasteiger partial charge in [0.25, 0.3) is 0 Å². The Balaban J connectivity index is 1.18. The Morgan fingerprint density at radius 2 is 1.69 bits per heavy atom. The van der Waals surface area contributed by atoms with Crippen LogP contribution >= 0.6 is 0 Å². The Bertz CT molecular complexity index is 1180. The van der Waals surface area contributed by atoms with E-state index in [9.17, 15) is 31.1 Å². The van der Waals surface area contributed by atoms with E-state index in [1.54, 1.807) is 11.0 Å². The number of benzene rings is 1. The van der Waals surface area contributed by atoms with Crippen LogP contribution in [0.1, 0.15) is 42.5 Å². The SMILES string of the molecule is N#Cc1ccc(N[C@H]2CC[C@H](OCC(=O)N3CCN(c4ccc(C(F)(F)F)nc4)CC3)CC2)cc1C(F)(F)F. The van der Waals surface area contributed by atoms with Gasteiger partial charge in [-0.1, -0.05) is 0 Å². The van der Waals surface area contributed by atoms with Crippen LogP contribution in [-0.4, -0.2) is 60.7 Å². The fraction of sp³-hybridized carbons (Fsp3) is 0.500. The lowest BCUT2D eigenvalue weighted by Gasteiger charge is -2.36. The first-order valence-electron chi connectivity index (χ1n) is 12.5. The molecule has 1 saturated carbocycles. The second-order valence-electron chi connectivity index (χ2n) is 9.57. The highest BCUT2D eigenvalue weighted by Crippen LogP contribution is 2.34. The summed E-state index contributed by atoms with van der Waals surface area (Å²) in [5, 5.41) is 12.0. The number of nitrogens with zero attached hydrogens (tertiary/aromatic N) is 4. The third-order valence-electron chi connectivity index (χ3n) is 6.97. The van der Waals surface area contributed by atoms with E-state index in [2.05, 4.69) is 10.3 Å². The number of pyridine rings is 1. The number of anilines is 2. The smallest absolute Gasteiger partial charge is 0.382 e. The Morgan fingerprint density at radius 3 is 2.26 bits per heavy atom. The number of alkyl halides is 6. The minimum Gasteiger partial charge on any atom is -0.382 e. The van der Waals surface area contributed by atoms with Gasteiger partial charge < -0.3 is 19.9 Å². The van der Waals surface area contributed by atoms with Crippen molar-refractivity contribution in [3.63, 3.8) is 0 Å². The summed E-state index contributed by atoms with van der Waals surface area (Å²) in [6, 6.07) is 7.40. The zero-order valence-electron chi connectivity index (χ0n) is 20.9. The van der Waals surface area contributed by atoms with E-state index in [-0.39, 0.29) is 24.7 Å². The topological polar surface area (TPSA) is 81.5 Å². The number of ether oxygens (including phenoxy) is 1. The molecule has 1 N–H and O–H groups in total. The highest BCUT2D eigenvalue weighted by molar-refractivity contribution is 5.77. The first kappa shape index (κ1) is 28.5. The summed E-state index contributed by atoms with van der Waals surface area (Å²) in [4.78, 5) is 19.6. The Hall–Kier alpha value is -3.53. The molecule has 0 bridgehead atoms. The van der Waals surface area contributed by atoms with Gasteiger partial charge in [-0.3, -0.25) is 4.79 Å². The molecule has 1 aromatic heterocycles. The van der Waals surface area contributed by atoms with Crippen LogP contribution in [0.3, 0.4) is 0 Å². The van der Waals surface area contributed by atoms with Crippen LogP contribution in [0.4, 0.5) is 37.7 Å². The average Bonchev–Trinajstić information content (AvgIpc) is 2.91. The third-order valence-corrected chi connectivity index (χ3v) is 6.97. The van der Waals surface area contributed by atoms with Gasteiger partial charge in [0.2, 0.25) is 5.91 Å². The van der Waals surface area contributed by atoms with Gasteiger partial charge in [-0.15, -0.1) is 0 Å². The van der Waals surface area contributed by atoms with Crippen molar-refractivity contribution >= 4 is 17.3 Å². The molecule has 1 saturated heterocycles. The van der Waals surface area contributed by atoms with E-state index >= 15 is 0 Å². The van der Waals surface area contributed by atoms with Gasteiger partial charge >= 0.3 is 12.4 Å². The van der Waals surface area contributed by atoms with Gasteiger partial charge in [0, 0.05) is 37.9 Å². The van der Waals surface area contributed by atoms with Crippen molar-refractivity contribution in [2.24, 2.45) is 0 Å². The van der Waals surface area contributed by atoms with E-state index in [1.165, 1.54) is 18.3 Å². The van der Waals surface area contributed by atoms with Crippen LogP contribution in [0.5, 0.6) is 0 Å². The molecule has 2 aliphatic rings. The molecule has 13 heteroatoms. The maximum atomic E-state index is 13.2. The third kappa shape index (κ3) is 7.32. The van der Waals surface area contributed by atoms with Crippen molar-refractivity contribution in [2.75, 3.05) is 43.0 Å². The molecule has 0 spiro atoms. The van der Waals surface area contributed by atoms with Crippen LogP contribution < -0.4 is 10.2 Å². The van der Waals surface area contributed by atoms with Crippen LogP contribution in [-0.2, 0) is 21.9 Å². The summed E-state index contributed by atoms with van der Waals surface area (Å²) in [5.74, 6) is -0.169. The number of aromatic nitrogens is 1. The summed E-state index contributed by atoms with van der Waals surface area (Å²) in [6.45, 7) is 1.64. The summed E-state index contributed by atoms with van der Waals surface area (Å²) < 4.78 is 83.6. The van der Waals surface area contributed by atoms with Crippen molar-refractivity contribution < 1.29 is 35.9 Å². The fourth-order valence-electron chi connectivity index (χ4n) is 4.81. The molecule has 0 radical (unpaired) electrons. The number of amides is 1. The second-order valence-corrected chi connectivity index (χ2v) is 9.57. The van der Waals surface area contributed by atoms with E-state index in [1.807, 2.05) is 4.90 Å². The van der Waals surface area contributed by atoms with Crippen molar-refractivity contribution in [3.8, 4) is 6.07 Å². The van der Waals surface area contributed by atoms with Crippen LogP contribution in [0.2, 0.25) is 0 Å². The molecule has 7 nitrogen and oxygen atoms in total. The lowest BCUT2D eigenvalue weighted by Crippen LogP contribution is -2.50. The second kappa shape index (κ2) is 11.7. The minimum atomic E-state index is -4.62. The number of carbonyl (C=O) groups is 1. The fourth-order valence-corrected chi connectivity index (χ4v) is 4.81. The maximum absolute atomic E-state index is 13.2. The van der Waals surface area contributed by atoms with Crippen LogP contribution in [0.15, 0.2) is 36.5 Å². The zero-order valence-corrected chi connectivity index (χ0v) is 20.9. The normalized spacial score (nSPS) is 20.4. The minimum absolute atomic E-state index is 0.0534. The molecule has 1 aliphatic carbocycles. The number of nitrogens with one attached hydrogen (secondary N) is 1. The number of carbonyl (C=O) groups excluding carboxylic acids is 1. The number of rotatable bonds is 6. The first-order valence-corrected chi connectivity index (χ1v) is 12.5. The van der Waals surface area contributed by atoms with E-state index in [4.69, 9.17) is 10.00 Å². The lowest BCUT2D eigenvalue weighted by atomic mass is 9.92. The Labute approximate surface area is 221 Å². The van der Waals surface area contributed by atoms with Gasteiger partial charge in [0.15, 0.2) is 0 Å². The van der Waals surface area contributed by atoms with Crippen molar-refractivity contribution in [2.45, 2.75) is 50.2 Å². The largest absolute Gasteiger partial charge is 0.433 e. The molecule has 2 heterocycles. The predicted molar refractivity (Wildman–Crippen MR) is 130 cm³/mol. The van der Waals surface area contributed by atoms with Gasteiger partial charge in [0.05, 0.1) is 35.2 Å². The summed E-state index contributed by atoms with van der Waals surface area (Å²) in [6.07, 6.45) is -5.48. The molecule has 2 fully saturated rings. The van der Waals surface area contributed by atoms with Gasteiger partial charge in [-0.25, -0.2) is 4.98 Å². The first-order chi connectivity index (χ1) is 18.4. The lowest BCUT2D eigenvalue weighted by molar-refractivity contribution is -0.141. The number of nitriles is 1. The summed E-state index contributed by atoms with van der Waals surface area (Å²) in [7, 11) is 0. The molecular formula is C26H27F6N5O2. The maximum Gasteiger partial charge on any atom is 0.433 e. The van der Waals surface area contributed by atoms with Gasteiger partial charge in [0.1, 0.15) is 12.3 Å². The molecular weight excluding hydrogens is 528 g/mol. The molecule has 210 valence electrons. The molecule has 39 heavy (non-hydrogen) atoms. The van der Waals surface area contributed by atoms with Gasteiger partial charge in [-0.05, 0) is 56.0 Å². The standard InChI is InChI=1S/C26H27F6N5O2/c27-25(28,29)22-13-19(2-1-17(22)14-33)35-18-3-6-21(7-4-18)39-16-24(38)37-11-9-36(10-12-37)20-5-8-23(34-15-20)26(30,31)32/h1-2,5,8,13,15,18,21,35H,3-4,6-7,9-12,16H2/t18-,21-. The molecule has 0 unspecified atom stereocenters. The quantitative estimate of drug-likeness (QED) is 0.501. The van der Waals surface area contributed by atoms with E-state index in [0.29, 0.717) is 63.2 Å². The molecule has 1 aliphatic heterocycles. The highest BCUT2D eigenvalue weighted by Gasteiger charge is 2.34. The highest BCUT2D eigenvalue weighted by atomic mass is 19.4. The monoisotopic (exact) mass is 555 g/mol. The summed E-state index contributed by atoms with van der Waals surface area (Å²) in [5.41, 5.74) is -1.48. The van der Waals surface area contributed by atoms with E-state index in [0.717, 1.165) is 18.2 Å². The van der Waals surface area contributed by atoms with E-state index < -0.39 is 29.2 Å². The Kier molecular flexibility index (Phi) is 8.54. The number of halogens is 6. The van der Waals surface area contributed by atoms with Crippen molar-refractivity contribution in [1.29, 1.82) is 5.26 Å².